The van der Waals surface area contributed by atoms with E-state index < -0.39 is 10.0 Å². The van der Waals surface area contributed by atoms with E-state index >= 15 is 0 Å². The number of halogens is 1. The lowest BCUT2D eigenvalue weighted by molar-refractivity contribution is 0.245. The van der Waals surface area contributed by atoms with Crippen molar-refractivity contribution in [3.05, 3.63) is 0 Å². The van der Waals surface area contributed by atoms with Crippen LogP contribution < -0.4 is 10.6 Å². The average Bonchev–Trinajstić information content (AvgIpc) is 3.05. The van der Waals surface area contributed by atoms with Crippen LogP contribution in [0.5, 0.6) is 0 Å². The van der Waals surface area contributed by atoms with E-state index in [4.69, 9.17) is 4.99 Å². The fraction of sp³-hybridized carbons (Fsp3) is 0.950. The van der Waals surface area contributed by atoms with Crippen LogP contribution in [0.3, 0.4) is 0 Å². The molecule has 8 heteroatoms. The minimum absolute atomic E-state index is 0. The Balaban J connectivity index is 0.00000392. The molecule has 0 radical (unpaired) electrons. The maximum atomic E-state index is 11.6. The summed E-state index contributed by atoms with van der Waals surface area (Å²) in [5.41, 5.74) is 0.386. The third kappa shape index (κ3) is 8.34. The fourth-order valence-corrected chi connectivity index (χ4v) is 5.57. The molecule has 1 saturated carbocycles. The molecule has 2 aliphatic rings. The molecule has 28 heavy (non-hydrogen) atoms. The summed E-state index contributed by atoms with van der Waals surface area (Å²) in [7, 11) is -3.05. The SMILES string of the molecule is CCNC(=NCC1(CC(C)C)CCCC1)NCC1CCN(S(C)(=O)=O)CC1.I. The van der Waals surface area contributed by atoms with E-state index in [1.807, 2.05) is 0 Å². The maximum absolute atomic E-state index is 11.6. The normalized spacial score (nSPS) is 21.5. The van der Waals surface area contributed by atoms with Gasteiger partial charge in [0, 0.05) is 32.7 Å². The van der Waals surface area contributed by atoms with Crippen LogP contribution in [0.1, 0.15) is 65.7 Å². The van der Waals surface area contributed by atoms with E-state index in [0.29, 0.717) is 30.3 Å². The van der Waals surface area contributed by atoms with Crippen LogP contribution in [0.4, 0.5) is 0 Å². The molecule has 1 heterocycles. The Bertz CT molecular complexity index is 581. The second-order valence-corrected chi connectivity index (χ2v) is 11.0. The molecule has 6 nitrogen and oxygen atoms in total. The first-order valence-electron chi connectivity index (χ1n) is 10.7. The van der Waals surface area contributed by atoms with Crippen molar-refractivity contribution in [3.63, 3.8) is 0 Å². The highest BCUT2D eigenvalue weighted by Crippen LogP contribution is 2.43. The maximum Gasteiger partial charge on any atom is 0.211 e. The molecule has 0 amide bonds. The van der Waals surface area contributed by atoms with Crippen molar-refractivity contribution < 1.29 is 8.42 Å². The molecule has 0 spiro atoms. The van der Waals surface area contributed by atoms with E-state index in [1.54, 1.807) is 4.31 Å². The van der Waals surface area contributed by atoms with Crippen LogP contribution in [-0.4, -0.2) is 57.7 Å². The predicted molar refractivity (Wildman–Crippen MR) is 129 cm³/mol. The summed E-state index contributed by atoms with van der Waals surface area (Å²) < 4.78 is 24.9. The number of aliphatic imine (C=N–C) groups is 1. The molecule has 2 fully saturated rings. The van der Waals surface area contributed by atoms with Crippen LogP contribution in [0.15, 0.2) is 4.99 Å². The summed E-state index contributed by atoms with van der Waals surface area (Å²) in [4.78, 5) is 4.95. The van der Waals surface area contributed by atoms with Crippen LogP contribution in [0, 0.1) is 17.3 Å². The van der Waals surface area contributed by atoms with Gasteiger partial charge in [-0.15, -0.1) is 24.0 Å². The molecule has 0 atom stereocenters. The highest BCUT2D eigenvalue weighted by molar-refractivity contribution is 14.0. The zero-order chi connectivity index (χ0) is 19.9. The summed E-state index contributed by atoms with van der Waals surface area (Å²) in [6.07, 6.45) is 9.68. The Labute approximate surface area is 189 Å². The Morgan fingerprint density at radius 2 is 1.79 bits per heavy atom. The second-order valence-electron chi connectivity index (χ2n) is 8.99. The molecule has 1 aliphatic heterocycles. The summed E-state index contributed by atoms with van der Waals surface area (Å²) in [6, 6.07) is 0. The third-order valence-electron chi connectivity index (χ3n) is 6.02. The van der Waals surface area contributed by atoms with E-state index in [2.05, 4.69) is 31.4 Å². The van der Waals surface area contributed by atoms with Gasteiger partial charge in [-0.05, 0) is 56.3 Å². The molecule has 0 aromatic rings. The van der Waals surface area contributed by atoms with Gasteiger partial charge in [0.05, 0.1) is 6.26 Å². The van der Waals surface area contributed by atoms with Crippen molar-refractivity contribution >= 4 is 40.0 Å². The van der Waals surface area contributed by atoms with Gasteiger partial charge < -0.3 is 10.6 Å². The molecule has 2 rings (SSSR count). The van der Waals surface area contributed by atoms with Crippen molar-refractivity contribution in [2.75, 3.05) is 39.0 Å². The van der Waals surface area contributed by atoms with Crippen molar-refractivity contribution in [3.8, 4) is 0 Å². The van der Waals surface area contributed by atoms with Crippen molar-refractivity contribution in [1.82, 2.24) is 14.9 Å². The summed E-state index contributed by atoms with van der Waals surface area (Å²) >= 11 is 0. The second kappa shape index (κ2) is 11.9. The summed E-state index contributed by atoms with van der Waals surface area (Å²) in [5.74, 6) is 2.13. The molecule has 0 aromatic heterocycles. The standard InChI is InChI=1S/C20H40N4O2S.HI/c1-5-21-19(23-16-20(14-17(2)3)10-6-7-11-20)22-15-18-8-12-24(13-9-18)27(4,25)26;/h17-18H,5-16H2,1-4H3,(H2,21,22,23);1H. The third-order valence-corrected chi connectivity index (χ3v) is 7.33. The van der Waals surface area contributed by atoms with Gasteiger partial charge in [0.2, 0.25) is 10.0 Å². The molecule has 1 aliphatic carbocycles. The minimum Gasteiger partial charge on any atom is -0.357 e. The molecule has 2 N–H and O–H groups in total. The first-order chi connectivity index (χ1) is 12.7. The smallest absolute Gasteiger partial charge is 0.211 e. The number of hydrogen-bond acceptors (Lipinski definition) is 3. The largest absolute Gasteiger partial charge is 0.357 e. The quantitative estimate of drug-likeness (QED) is 0.288. The monoisotopic (exact) mass is 528 g/mol. The number of nitrogens with one attached hydrogen (secondary N) is 2. The number of rotatable bonds is 8. The van der Waals surface area contributed by atoms with Gasteiger partial charge in [-0.25, -0.2) is 12.7 Å². The zero-order valence-electron chi connectivity index (χ0n) is 18.2. The van der Waals surface area contributed by atoms with Gasteiger partial charge in [0.25, 0.3) is 0 Å². The van der Waals surface area contributed by atoms with E-state index in [0.717, 1.165) is 38.4 Å². The van der Waals surface area contributed by atoms with E-state index in [-0.39, 0.29) is 24.0 Å². The van der Waals surface area contributed by atoms with Gasteiger partial charge in [-0.2, -0.15) is 0 Å². The Morgan fingerprint density at radius 3 is 2.29 bits per heavy atom. The number of hydrogen-bond donors (Lipinski definition) is 2. The Morgan fingerprint density at radius 1 is 1.18 bits per heavy atom. The molecule has 0 unspecified atom stereocenters. The first kappa shape index (κ1) is 25.9. The molecule has 0 bridgehead atoms. The molecule has 166 valence electrons. The number of nitrogens with zero attached hydrogens (tertiary/aromatic N) is 2. The predicted octanol–water partition coefficient (Wildman–Crippen LogP) is 3.44. The van der Waals surface area contributed by atoms with Crippen LogP contribution in [0.25, 0.3) is 0 Å². The fourth-order valence-electron chi connectivity index (χ4n) is 4.69. The molecular weight excluding hydrogens is 487 g/mol. The average molecular weight is 529 g/mol. The number of guanidine groups is 1. The lowest BCUT2D eigenvalue weighted by atomic mass is 9.78. The van der Waals surface area contributed by atoms with Gasteiger partial charge in [0.15, 0.2) is 5.96 Å². The van der Waals surface area contributed by atoms with Crippen molar-refractivity contribution in [2.45, 2.75) is 65.7 Å². The highest BCUT2D eigenvalue weighted by Gasteiger charge is 2.34. The lowest BCUT2D eigenvalue weighted by Crippen LogP contribution is -2.44. The Hall–Kier alpha value is -0.0900. The van der Waals surface area contributed by atoms with Gasteiger partial charge in [0.1, 0.15) is 0 Å². The number of piperidine rings is 1. The minimum atomic E-state index is -3.05. The van der Waals surface area contributed by atoms with Crippen LogP contribution >= 0.6 is 24.0 Å². The van der Waals surface area contributed by atoms with E-state index in [9.17, 15) is 8.42 Å². The first-order valence-corrected chi connectivity index (χ1v) is 12.6. The Kier molecular flexibility index (Phi) is 11.1. The van der Waals surface area contributed by atoms with Gasteiger partial charge in [-0.1, -0.05) is 26.7 Å². The summed E-state index contributed by atoms with van der Waals surface area (Å²) in [5, 5.41) is 6.89. The highest BCUT2D eigenvalue weighted by atomic mass is 127. The number of sulfonamides is 1. The van der Waals surface area contributed by atoms with Crippen molar-refractivity contribution in [1.29, 1.82) is 0 Å². The van der Waals surface area contributed by atoms with Crippen LogP contribution in [0.2, 0.25) is 0 Å². The van der Waals surface area contributed by atoms with E-state index in [1.165, 1.54) is 38.4 Å². The van der Waals surface area contributed by atoms with Gasteiger partial charge in [-0.3, -0.25) is 4.99 Å². The van der Waals surface area contributed by atoms with Crippen molar-refractivity contribution in [2.24, 2.45) is 22.2 Å². The molecular formula is C20H41IN4O2S. The van der Waals surface area contributed by atoms with Crippen LogP contribution in [-0.2, 0) is 10.0 Å². The van der Waals surface area contributed by atoms with Gasteiger partial charge >= 0.3 is 0 Å². The summed E-state index contributed by atoms with van der Waals surface area (Å²) in [6.45, 7) is 10.6. The topological polar surface area (TPSA) is 73.8 Å². The lowest BCUT2D eigenvalue weighted by Gasteiger charge is -2.31. The zero-order valence-corrected chi connectivity index (χ0v) is 21.3. The molecule has 0 aromatic carbocycles. The molecule has 1 saturated heterocycles.